The number of alkyl halides is 3. The average molecular weight is 498 g/mol. The number of hydrogen-bond acceptors (Lipinski definition) is 5. The van der Waals surface area contributed by atoms with Gasteiger partial charge in [-0.15, -0.1) is 11.3 Å². The van der Waals surface area contributed by atoms with Crippen LogP contribution >= 0.6 is 11.3 Å². The highest BCUT2D eigenvalue weighted by Crippen LogP contribution is 2.39. The van der Waals surface area contributed by atoms with Gasteiger partial charge in [-0.05, 0) is 47.3 Å². The molecule has 4 nitrogen and oxygen atoms in total. The first-order chi connectivity index (χ1) is 16.8. The summed E-state index contributed by atoms with van der Waals surface area (Å²) in [7, 11) is 0. The fraction of sp³-hybridized carbons (Fsp3) is 0.120. The molecule has 0 bridgehead atoms. The molecule has 35 heavy (non-hydrogen) atoms. The molecule has 2 aromatic carbocycles. The number of aromatic nitrogens is 2. The zero-order valence-corrected chi connectivity index (χ0v) is 18.6. The lowest BCUT2D eigenvalue weighted by Crippen LogP contribution is -2.11. The van der Waals surface area contributed by atoms with Gasteiger partial charge in [-0.2, -0.15) is 23.4 Å². The lowest BCUT2D eigenvalue weighted by atomic mass is 9.99. The van der Waals surface area contributed by atoms with Crippen molar-refractivity contribution in [2.75, 3.05) is 0 Å². The van der Waals surface area contributed by atoms with Crippen molar-refractivity contribution in [2.24, 2.45) is 9.98 Å². The van der Waals surface area contributed by atoms with Crippen molar-refractivity contribution in [3.63, 3.8) is 0 Å². The molecule has 0 saturated heterocycles. The molecule has 1 aliphatic rings. The summed E-state index contributed by atoms with van der Waals surface area (Å²) in [6, 6.07) is 14.0. The fourth-order valence-electron chi connectivity index (χ4n) is 3.72. The topological polar surface area (TPSA) is 50.5 Å². The van der Waals surface area contributed by atoms with Crippen LogP contribution in [0.4, 0.5) is 22.0 Å². The van der Waals surface area contributed by atoms with E-state index in [1.807, 2.05) is 0 Å². The first-order valence-electron chi connectivity index (χ1n) is 10.4. The van der Waals surface area contributed by atoms with Gasteiger partial charge in [0.15, 0.2) is 17.5 Å². The molecule has 0 aliphatic carbocycles. The number of aliphatic imine (C=N–C) groups is 2. The van der Waals surface area contributed by atoms with Gasteiger partial charge in [0.2, 0.25) is 0 Å². The van der Waals surface area contributed by atoms with Crippen LogP contribution in [0.5, 0.6) is 0 Å². The van der Waals surface area contributed by atoms with E-state index >= 15 is 0 Å². The van der Waals surface area contributed by atoms with Gasteiger partial charge < -0.3 is 0 Å². The summed E-state index contributed by atoms with van der Waals surface area (Å²) < 4.78 is 68.9. The number of nitrogens with zero attached hydrogens (tertiary/aromatic N) is 4. The molecule has 0 spiro atoms. The molecular formula is C25H15F5N4S. The van der Waals surface area contributed by atoms with Crippen molar-refractivity contribution in [1.29, 1.82) is 0 Å². The fourth-order valence-corrected chi connectivity index (χ4v) is 4.44. The lowest BCUT2D eigenvalue weighted by Gasteiger charge is -2.14. The van der Waals surface area contributed by atoms with Gasteiger partial charge in [-0.1, -0.05) is 24.3 Å². The Balaban J connectivity index is 1.37. The molecule has 1 unspecified atom stereocenters. The maximum Gasteiger partial charge on any atom is 0.417 e. The normalized spacial score (nSPS) is 15.5. The van der Waals surface area contributed by atoms with Crippen molar-refractivity contribution in [3.05, 3.63) is 94.5 Å². The Bertz CT molecular complexity index is 1430. The first kappa shape index (κ1) is 23.0. The van der Waals surface area contributed by atoms with E-state index in [-0.39, 0.29) is 29.1 Å². The standard InChI is InChI=1S/C25H15F5N4S/c26-20-4-1-3-18(23(20)27)24-31-13-16(32-24)12-15-7-9-21(34-33-15)17-8-6-14(22-5-2-10-35-22)11-19(17)25(28,29)30/h1-11,13,16H,12H2. The third kappa shape index (κ3) is 4.74. The van der Waals surface area contributed by atoms with Gasteiger partial charge in [-0.25, -0.2) is 13.8 Å². The number of benzene rings is 2. The van der Waals surface area contributed by atoms with Crippen LogP contribution in [0.3, 0.4) is 0 Å². The van der Waals surface area contributed by atoms with Gasteiger partial charge in [0.1, 0.15) is 0 Å². The van der Waals surface area contributed by atoms with Crippen LogP contribution in [0.15, 0.2) is 76.0 Å². The van der Waals surface area contributed by atoms with Crippen molar-refractivity contribution in [2.45, 2.75) is 18.6 Å². The first-order valence-corrected chi connectivity index (χ1v) is 11.3. The van der Waals surface area contributed by atoms with E-state index in [1.165, 1.54) is 41.8 Å². The van der Waals surface area contributed by atoms with Crippen LogP contribution in [0, 0.1) is 11.6 Å². The summed E-state index contributed by atoms with van der Waals surface area (Å²) in [6.45, 7) is 0. The predicted molar refractivity (Wildman–Crippen MR) is 125 cm³/mol. The molecule has 2 aromatic heterocycles. The minimum absolute atomic E-state index is 0.0455. The summed E-state index contributed by atoms with van der Waals surface area (Å²) in [5, 5.41) is 9.88. The Labute approximate surface area is 200 Å². The third-order valence-corrected chi connectivity index (χ3v) is 6.31. The Hall–Kier alpha value is -3.79. The zero-order chi connectivity index (χ0) is 24.6. The van der Waals surface area contributed by atoms with Crippen LogP contribution in [0.1, 0.15) is 16.8 Å². The summed E-state index contributed by atoms with van der Waals surface area (Å²) >= 11 is 1.36. The molecule has 3 heterocycles. The highest BCUT2D eigenvalue weighted by atomic mass is 32.1. The highest BCUT2D eigenvalue weighted by Gasteiger charge is 2.34. The molecule has 176 valence electrons. The number of hydrogen-bond donors (Lipinski definition) is 0. The molecule has 0 fully saturated rings. The molecule has 0 N–H and O–H groups in total. The van der Waals surface area contributed by atoms with Crippen molar-refractivity contribution in [1.82, 2.24) is 10.2 Å². The quantitative estimate of drug-likeness (QED) is 0.291. The van der Waals surface area contributed by atoms with Gasteiger partial charge in [0.05, 0.1) is 28.6 Å². The maximum atomic E-state index is 14.0. The molecule has 10 heteroatoms. The van der Waals surface area contributed by atoms with E-state index in [0.717, 1.165) is 17.0 Å². The van der Waals surface area contributed by atoms with Crippen LogP contribution in [0.25, 0.3) is 21.7 Å². The number of amidine groups is 1. The van der Waals surface area contributed by atoms with Gasteiger partial charge >= 0.3 is 6.18 Å². The Kier molecular flexibility index (Phi) is 5.98. The lowest BCUT2D eigenvalue weighted by molar-refractivity contribution is -0.137. The monoisotopic (exact) mass is 498 g/mol. The van der Waals surface area contributed by atoms with Gasteiger partial charge in [-0.3, -0.25) is 4.99 Å². The van der Waals surface area contributed by atoms with Gasteiger partial charge in [0, 0.05) is 23.1 Å². The number of thiophene rings is 1. The molecule has 1 atom stereocenters. The molecular weight excluding hydrogens is 483 g/mol. The Morgan fingerprint density at radius 3 is 2.46 bits per heavy atom. The highest BCUT2D eigenvalue weighted by molar-refractivity contribution is 7.13. The van der Waals surface area contributed by atoms with E-state index in [0.29, 0.717) is 11.3 Å². The average Bonchev–Trinajstić information content (AvgIpc) is 3.53. The second kappa shape index (κ2) is 9.10. The molecule has 4 aromatic rings. The van der Waals surface area contributed by atoms with Crippen LogP contribution in [-0.4, -0.2) is 28.3 Å². The van der Waals surface area contributed by atoms with Crippen LogP contribution < -0.4 is 0 Å². The number of halogens is 5. The SMILES string of the molecule is Fc1cccc(C2=NC(Cc3ccc(-c4ccc(-c5cccs5)cc4C(F)(F)F)nn3)C=N2)c1F. The van der Waals surface area contributed by atoms with Crippen LogP contribution in [-0.2, 0) is 12.6 Å². The Morgan fingerprint density at radius 2 is 1.74 bits per heavy atom. The minimum atomic E-state index is -4.57. The summed E-state index contributed by atoms with van der Waals surface area (Å²) in [4.78, 5) is 9.09. The van der Waals surface area contributed by atoms with E-state index < -0.39 is 29.4 Å². The predicted octanol–water partition coefficient (Wildman–Crippen LogP) is 6.61. The van der Waals surface area contributed by atoms with Crippen molar-refractivity contribution in [3.8, 4) is 21.7 Å². The molecule has 5 rings (SSSR count). The summed E-state index contributed by atoms with van der Waals surface area (Å²) in [5.41, 5.74) is 0.130. The summed E-state index contributed by atoms with van der Waals surface area (Å²) in [5.74, 6) is -1.96. The Morgan fingerprint density at radius 1 is 0.886 bits per heavy atom. The van der Waals surface area contributed by atoms with Crippen LogP contribution in [0.2, 0.25) is 0 Å². The van der Waals surface area contributed by atoms with Crippen molar-refractivity contribution < 1.29 is 22.0 Å². The maximum absolute atomic E-state index is 14.0. The van der Waals surface area contributed by atoms with Gasteiger partial charge in [0.25, 0.3) is 0 Å². The third-order valence-electron chi connectivity index (χ3n) is 5.39. The molecule has 1 aliphatic heterocycles. The molecule has 0 radical (unpaired) electrons. The second-order valence-corrected chi connectivity index (χ2v) is 8.70. The van der Waals surface area contributed by atoms with Crippen molar-refractivity contribution >= 4 is 23.4 Å². The molecule has 0 saturated carbocycles. The van der Waals surface area contributed by atoms with E-state index in [4.69, 9.17) is 0 Å². The second-order valence-electron chi connectivity index (χ2n) is 7.75. The zero-order valence-electron chi connectivity index (χ0n) is 17.8. The minimum Gasteiger partial charge on any atom is -0.257 e. The van der Waals surface area contributed by atoms with E-state index in [1.54, 1.807) is 29.6 Å². The van der Waals surface area contributed by atoms with E-state index in [9.17, 15) is 22.0 Å². The number of rotatable bonds is 5. The summed E-state index contributed by atoms with van der Waals surface area (Å²) in [6.07, 6.45) is -2.83. The molecule has 0 amide bonds. The van der Waals surface area contributed by atoms with E-state index in [2.05, 4.69) is 20.2 Å². The largest absolute Gasteiger partial charge is 0.417 e. The smallest absolute Gasteiger partial charge is 0.257 e.